The van der Waals surface area contributed by atoms with E-state index in [0.717, 1.165) is 50.9 Å². The third kappa shape index (κ3) is 3.87. The van der Waals surface area contributed by atoms with Crippen molar-refractivity contribution in [1.29, 1.82) is 0 Å². The molecule has 0 aliphatic carbocycles. The molecular formula is C24H26N4O2. The molecule has 30 heavy (non-hydrogen) atoms. The maximum atomic E-state index is 13.2. The van der Waals surface area contributed by atoms with Crippen LogP contribution in [0.15, 0.2) is 59.5 Å². The lowest BCUT2D eigenvalue weighted by molar-refractivity contribution is 0.0605. The lowest BCUT2D eigenvalue weighted by atomic mass is 9.96. The molecule has 5 rings (SSSR count). The molecule has 0 radical (unpaired) electrons. The van der Waals surface area contributed by atoms with E-state index in [4.69, 9.17) is 4.42 Å². The Bertz CT molecular complexity index is 1020. The van der Waals surface area contributed by atoms with Gasteiger partial charge in [0.25, 0.3) is 5.91 Å². The van der Waals surface area contributed by atoms with Crippen LogP contribution in [-0.4, -0.2) is 38.8 Å². The van der Waals surface area contributed by atoms with Crippen molar-refractivity contribution in [2.75, 3.05) is 13.1 Å². The van der Waals surface area contributed by atoms with E-state index in [1.165, 1.54) is 17.4 Å². The van der Waals surface area contributed by atoms with Crippen LogP contribution in [0.3, 0.4) is 0 Å². The van der Waals surface area contributed by atoms with Crippen molar-refractivity contribution in [3.8, 4) is 0 Å². The van der Waals surface area contributed by atoms with Crippen LogP contribution in [0, 0.1) is 0 Å². The zero-order valence-electron chi connectivity index (χ0n) is 17.0. The summed E-state index contributed by atoms with van der Waals surface area (Å²) in [4.78, 5) is 26.3. The van der Waals surface area contributed by atoms with Crippen LogP contribution in [0.1, 0.15) is 58.4 Å². The fraction of sp³-hybridized carbons (Fsp3) is 0.375. The van der Waals surface area contributed by atoms with Gasteiger partial charge in [0, 0.05) is 32.0 Å². The first-order valence-corrected chi connectivity index (χ1v) is 10.7. The first kappa shape index (κ1) is 19.0. The average Bonchev–Trinajstić information content (AvgIpc) is 3.27. The molecule has 3 aromatic rings. The van der Waals surface area contributed by atoms with Crippen LogP contribution in [0.5, 0.6) is 0 Å². The predicted octanol–water partition coefficient (Wildman–Crippen LogP) is 4.00. The summed E-state index contributed by atoms with van der Waals surface area (Å²) in [6.07, 6.45) is 9.26. The number of pyridine rings is 1. The standard InChI is InChI=1S/C24H26N4O2/c29-24(28-12-4-3-9-22(28)19-8-5-11-25-14-19)21-17-30-23(26-21)16-27-13-10-18-6-1-2-7-20(18)15-27/h1-2,5-8,11,14,17,22H,3-4,9-10,12-13,15-16H2. The molecule has 0 saturated carbocycles. The van der Waals surface area contributed by atoms with Crippen molar-refractivity contribution in [3.63, 3.8) is 0 Å². The molecule has 4 heterocycles. The van der Waals surface area contributed by atoms with E-state index in [2.05, 4.69) is 39.1 Å². The van der Waals surface area contributed by atoms with E-state index in [0.29, 0.717) is 18.1 Å². The summed E-state index contributed by atoms with van der Waals surface area (Å²) in [6, 6.07) is 12.6. The second-order valence-electron chi connectivity index (χ2n) is 8.15. The molecule has 2 aromatic heterocycles. The minimum Gasteiger partial charge on any atom is -0.447 e. The van der Waals surface area contributed by atoms with Crippen molar-refractivity contribution < 1.29 is 9.21 Å². The quantitative estimate of drug-likeness (QED) is 0.660. The lowest BCUT2D eigenvalue weighted by Gasteiger charge is -2.35. The van der Waals surface area contributed by atoms with Crippen molar-refractivity contribution in [3.05, 3.63) is 83.3 Å². The number of amides is 1. The van der Waals surface area contributed by atoms with Gasteiger partial charge in [-0.15, -0.1) is 0 Å². The van der Waals surface area contributed by atoms with Gasteiger partial charge in [0.2, 0.25) is 5.89 Å². The van der Waals surface area contributed by atoms with Crippen LogP contribution in [0.25, 0.3) is 0 Å². The molecule has 0 spiro atoms. The highest BCUT2D eigenvalue weighted by Crippen LogP contribution is 2.31. The summed E-state index contributed by atoms with van der Waals surface area (Å²) in [5.41, 5.74) is 4.27. The molecule has 1 unspecified atom stereocenters. The predicted molar refractivity (Wildman–Crippen MR) is 113 cm³/mol. The van der Waals surface area contributed by atoms with Crippen molar-refractivity contribution in [1.82, 2.24) is 19.8 Å². The van der Waals surface area contributed by atoms with Gasteiger partial charge >= 0.3 is 0 Å². The van der Waals surface area contributed by atoms with Gasteiger partial charge in [-0.1, -0.05) is 30.3 Å². The highest BCUT2D eigenvalue weighted by molar-refractivity contribution is 5.92. The average molecular weight is 402 g/mol. The maximum Gasteiger partial charge on any atom is 0.276 e. The molecule has 2 aliphatic heterocycles. The minimum atomic E-state index is -0.0532. The highest BCUT2D eigenvalue weighted by atomic mass is 16.3. The molecule has 1 saturated heterocycles. The Hall–Kier alpha value is -2.99. The van der Waals surface area contributed by atoms with Gasteiger partial charge in [-0.05, 0) is 48.4 Å². The minimum absolute atomic E-state index is 0.0532. The van der Waals surface area contributed by atoms with Gasteiger partial charge in [0.05, 0.1) is 12.6 Å². The number of likely N-dealkylation sites (tertiary alicyclic amines) is 1. The number of benzene rings is 1. The third-order valence-electron chi connectivity index (χ3n) is 6.17. The number of aromatic nitrogens is 2. The van der Waals surface area contributed by atoms with Gasteiger partial charge < -0.3 is 9.32 Å². The van der Waals surface area contributed by atoms with Crippen LogP contribution >= 0.6 is 0 Å². The number of oxazole rings is 1. The number of rotatable bonds is 4. The summed E-state index contributed by atoms with van der Waals surface area (Å²) in [5.74, 6) is 0.551. The number of hydrogen-bond acceptors (Lipinski definition) is 5. The Morgan fingerprint density at radius 3 is 2.87 bits per heavy atom. The molecule has 6 heteroatoms. The van der Waals surface area contributed by atoms with Gasteiger partial charge in [-0.2, -0.15) is 0 Å². The zero-order chi connectivity index (χ0) is 20.3. The van der Waals surface area contributed by atoms with Gasteiger partial charge in [-0.25, -0.2) is 4.98 Å². The molecule has 1 fully saturated rings. The maximum absolute atomic E-state index is 13.2. The fourth-order valence-corrected chi connectivity index (χ4v) is 4.60. The Morgan fingerprint density at radius 2 is 2.00 bits per heavy atom. The third-order valence-corrected chi connectivity index (χ3v) is 6.17. The van der Waals surface area contributed by atoms with Gasteiger partial charge in [0.1, 0.15) is 6.26 Å². The number of carbonyl (C=O) groups excluding carboxylic acids is 1. The second-order valence-corrected chi connectivity index (χ2v) is 8.15. The highest BCUT2D eigenvalue weighted by Gasteiger charge is 2.30. The Morgan fingerprint density at radius 1 is 1.10 bits per heavy atom. The molecule has 1 aromatic carbocycles. The Balaban J connectivity index is 1.28. The molecule has 1 atom stereocenters. The SMILES string of the molecule is O=C(c1coc(CN2CCc3ccccc3C2)n1)N1CCCCC1c1cccnc1. The molecule has 6 nitrogen and oxygen atoms in total. The molecule has 0 bridgehead atoms. The van der Waals surface area contributed by atoms with E-state index < -0.39 is 0 Å². The number of nitrogens with zero attached hydrogens (tertiary/aromatic N) is 4. The Kier molecular flexibility index (Phi) is 5.32. The summed E-state index contributed by atoms with van der Waals surface area (Å²) in [7, 11) is 0. The van der Waals surface area contributed by atoms with Crippen LogP contribution < -0.4 is 0 Å². The topological polar surface area (TPSA) is 62.5 Å². The number of fused-ring (bicyclic) bond motifs is 1. The first-order chi connectivity index (χ1) is 14.8. The van der Waals surface area contributed by atoms with E-state index >= 15 is 0 Å². The van der Waals surface area contributed by atoms with Crippen LogP contribution in [-0.2, 0) is 19.5 Å². The number of hydrogen-bond donors (Lipinski definition) is 0. The summed E-state index contributed by atoms with van der Waals surface area (Å²) in [6.45, 7) is 3.21. The normalized spacial score (nSPS) is 19.5. The van der Waals surface area contributed by atoms with Gasteiger partial charge in [-0.3, -0.25) is 14.7 Å². The zero-order valence-corrected chi connectivity index (χ0v) is 17.0. The molecule has 2 aliphatic rings. The number of carbonyl (C=O) groups is 1. The van der Waals surface area contributed by atoms with E-state index in [1.807, 2.05) is 23.2 Å². The lowest BCUT2D eigenvalue weighted by Crippen LogP contribution is -2.38. The van der Waals surface area contributed by atoms with E-state index in [1.54, 1.807) is 6.20 Å². The molecule has 0 N–H and O–H groups in total. The van der Waals surface area contributed by atoms with Crippen LogP contribution in [0.4, 0.5) is 0 Å². The van der Waals surface area contributed by atoms with Crippen molar-refractivity contribution >= 4 is 5.91 Å². The molecule has 154 valence electrons. The summed E-state index contributed by atoms with van der Waals surface area (Å²) < 4.78 is 5.70. The van der Waals surface area contributed by atoms with E-state index in [-0.39, 0.29) is 11.9 Å². The monoisotopic (exact) mass is 402 g/mol. The van der Waals surface area contributed by atoms with Crippen molar-refractivity contribution in [2.24, 2.45) is 0 Å². The van der Waals surface area contributed by atoms with Crippen LogP contribution in [0.2, 0.25) is 0 Å². The van der Waals surface area contributed by atoms with Gasteiger partial charge in [0.15, 0.2) is 5.69 Å². The second kappa shape index (κ2) is 8.40. The molecular weight excluding hydrogens is 376 g/mol. The van der Waals surface area contributed by atoms with Crippen molar-refractivity contribution in [2.45, 2.75) is 44.8 Å². The molecule has 1 amide bonds. The first-order valence-electron chi connectivity index (χ1n) is 10.7. The number of piperidine rings is 1. The summed E-state index contributed by atoms with van der Waals surface area (Å²) in [5, 5.41) is 0. The largest absolute Gasteiger partial charge is 0.447 e. The smallest absolute Gasteiger partial charge is 0.276 e. The van der Waals surface area contributed by atoms with E-state index in [9.17, 15) is 4.79 Å². The summed E-state index contributed by atoms with van der Waals surface area (Å²) >= 11 is 0. The fourth-order valence-electron chi connectivity index (χ4n) is 4.60. The Labute approximate surface area is 176 Å².